The summed E-state index contributed by atoms with van der Waals surface area (Å²) in [5, 5.41) is 3.94. The normalized spacial score (nSPS) is 10.4. The minimum absolute atomic E-state index is 0.128. The maximum absolute atomic E-state index is 11.9. The van der Waals surface area contributed by atoms with Crippen molar-refractivity contribution >= 4 is 46.6 Å². The van der Waals surface area contributed by atoms with Gasteiger partial charge in [-0.1, -0.05) is 35.0 Å². The van der Waals surface area contributed by atoms with Gasteiger partial charge in [0, 0.05) is 32.6 Å². The summed E-state index contributed by atoms with van der Waals surface area (Å²) in [7, 11) is 0. The second-order valence-electron chi connectivity index (χ2n) is 4.29. The number of hydrogen-bond donors (Lipinski definition) is 2. The Labute approximate surface area is 137 Å². The summed E-state index contributed by atoms with van der Waals surface area (Å²) in [6, 6.07) is 10.4. The van der Waals surface area contributed by atoms with Gasteiger partial charge >= 0.3 is 0 Å². The molecule has 0 aromatic heterocycles. The number of nitrogens with two attached hydrogens (primary N) is 1. The Balaban J connectivity index is 2.33. The smallest absolute Gasteiger partial charge is 0.251 e. The van der Waals surface area contributed by atoms with Crippen molar-refractivity contribution in [1.82, 2.24) is 5.32 Å². The third kappa shape index (κ3) is 4.06. The van der Waals surface area contributed by atoms with Gasteiger partial charge in [-0.05, 0) is 43.3 Å². The van der Waals surface area contributed by atoms with Crippen LogP contribution in [0, 0.1) is 0 Å². The van der Waals surface area contributed by atoms with Crippen LogP contribution in [0.3, 0.4) is 0 Å². The number of anilines is 1. The van der Waals surface area contributed by atoms with Gasteiger partial charge in [0.1, 0.15) is 0 Å². The lowest BCUT2D eigenvalue weighted by molar-refractivity contribution is 0.0955. The molecule has 0 bridgehead atoms. The largest absolute Gasteiger partial charge is 0.398 e. The van der Waals surface area contributed by atoms with E-state index in [1.54, 1.807) is 36.4 Å². The molecule has 6 heteroatoms. The Kier molecular flexibility index (Phi) is 5.39. The number of carbonyl (C=O) groups excluding carboxylic acids is 1. The first-order valence-corrected chi connectivity index (χ1v) is 7.89. The number of benzene rings is 2. The number of halogens is 2. The molecule has 0 aliphatic heterocycles. The molecule has 0 saturated carbocycles. The molecule has 0 saturated heterocycles. The van der Waals surface area contributed by atoms with Gasteiger partial charge in [-0.3, -0.25) is 4.79 Å². The molecule has 3 N–H and O–H groups in total. The van der Waals surface area contributed by atoms with Crippen LogP contribution < -0.4 is 11.1 Å². The van der Waals surface area contributed by atoms with E-state index in [2.05, 4.69) is 5.32 Å². The lowest BCUT2D eigenvalue weighted by atomic mass is 10.2. The second kappa shape index (κ2) is 7.07. The van der Waals surface area contributed by atoms with E-state index in [4.69, 9.17) is 28.9 Å². The third-order valence-corrected chi connectivity index (χ3v) is 4.53. The van der Waals surface area contributed by atoms with Crippen molar-refractivity contribution in [2.75, 3.05) is 12.3 Å². The van der Waals surface area contributed by atoms with Crippen LogP contribution in [0.2, 0.25) is 10.0 Å². The summed E-state index contributed by atoms with van der Waals surface area (Å²) in [5.41, 5.74) is 7.12. The van der Waals surface area contributed by atoms with Crippen LogP contribution in [0.4, 0.5) is 5.69 Å². The average Bonchev–Trinajstić information content (AvgIpc) is 2.45. The summed E-state index contributed by atoms with van der Waals surface area (Å²) < 4.78 is 0. The second-order valence-corrected chi connectivity index (χ2v) is 6.22. The Morgan fingerprint density at radius 1 is 1.19 bits per heavy atom. The highest BCUT2D eigenvalue weighted by atomic mass is 35.5. The monoisotopic (exact) mass is 340 g/mol. The van der Waals surface area contributed by atoms with Gasteiger partial charge in [0.15, 0.2) is 0 Å². The maximum atomic E-state index is 11.9. The topological polar surface area (TPSA) is 55.1 Å². The highest BCUT2D eigenvalue weighted by Gasteiger charge is 2.11. The van der Waals surface area contributed by atoms with Gasteiger partial charge in [0.25, 0.3) is 5.91 Å². The molecule has 2 aromatic rings. The van der Waals surface area contributed by atoms with Gasteiger partial charge in [-0.15, -0.1) is 0 Å². The van der Waals surface area contributed by atoms with Crippen LogP contribution in [-0.2, 0) is 0 Å². The van der Waals surface area contributed by atoms with E-state index in [-0.39, 0.29) is 5.91 Å². The van der Waals surface area contributed by atoms with E-state index in [1.807, 2.05) is 6.92 Å². The lowest BCUT2D eigenvalue weighted by Crippen LogP contribution is -2.22. The van der Waals surface area contributed by atoms with Gasteiger partial charge in [0.2, 0.25) is 0 Å². The molecular weight excluding hydrogens is 327 g/mol. The molecule has 21 heavy (non-hydrogen) atoms. The van der Waals surface area contributed by atoms with E-state index >= 15 is 0 Å². The molecule has 0 aliphatic rings. The zero-order valence-electron chi connectivity index (χ0n) is 11.3. The van der Waals surface area contributed by atoms with Crippen LogP contribution in [0.25, 0.3) is 0 Å². The SMILES string of the molecule is CCNC(=O)c1ccc(N)c(Sc2cc(Cl)ccc2Cl)c1. The first kappa shape index (κ1) is 16.0. The van der Waals surface area contributed by atoms with Crippen molar-refractivity contribution in [2.24, 2.45) is 0 Å². The fraction of sp³-hybridized carbons (Fsp3) is 0.133. The molecule has 0 radical (unpaired) electrons. The molecule has 3 nitrogen and oxygen atoms in total. The highest BCUT2D eigenvalue weighted by molar-refractivity contribution is 7.99. The van der Waals surface area contributed by atoms with Gasteiger partial charge in [-0.25, -0.2) is 0 Å². The first-order chi connectivity index (χ1) is 10.0. The minimum atomic E-state index is -0.128. The van der Waals surface area contributed by atoms with Crippen LogP contribution in [0.15, 0.2) is 46.2 Å². The predicted molar refractivity (Wildman–Crippen MR) is 89.4 cm³/mol. The number of nitrogens with one attached hydrogen (secondary N) is 1. The van der Waals surface area contributed by atoms with Gasteiger partial charge < -0.3 is 11.1 Å². The minimum Gasteiger partial charge on any atom is -0.398 e. The molecule has 0 aliphatic carbocycles. The molecule has 0 atom stereocenters. The van der Waals surface area contributed by atoms with E-state index in [0.29, 0.717) is 27.8 Å². The molecule has 0 spiro atoms. The number of carbonyl (C=O) groups is 1. The number of hydrogen-bond acceptors (Lipinski definition) is 3. The van der Waals surface area contributed by atoms with E-state index < -0.39 is 0 Å². The molecule has 1 amide bonds. The number of rotatable bonds is 4. The van der Waals surface area contributed by atoms with Crippen molar-refractivity contribution in [1.29, 1.82) is 0 Å². The number of nitrogen functional groups attached to an aromatic ring is 1. The summed E-state index contributed by atoms with van der Waals surface area (Å²) in [6.07, 6.45) is 0. The Morgan fingerprint density at radius 2 is 1.95 bits per heavy atom. The lowest BCUT2D eigenvalue weighted by Gasteiger charge is -2.10. The van der Waals surface area contributed by atoms with Crippen molar-refractivity contribution in [2.45, 2.75) is 16.7 Å². The standard InChI is InChI=1S/C15H14Cl2N2OS/c1-2-19-15(20)9-3-6-12(18)14(7-9)21-13-8-10(16)4-5-11(13)17/h3-8H,2,18H2,1H3,(H,19,20). The fourth-order valence-electron chi connectivity index (χ4n) is 1.70. The zero-order valence-corrected chi connectivity index (χ0v) is 13.6. The van der Waals surface area contributed by atoms with Crippen molar-refractivity contribution < 1.29 is 4.79 Å². The zero-order chi connectivity index (χ0) is 15.4. The molecule has 0 fully saturated rings. The average molecular weight is 341 g/mol. The molecule has 0 unspecified atom stereocenters. The van der Waals surface area contributed by atoms with E-state index in [1.165, 1.54) is 11.8 Å². The highest BCUT2D eigenvalue weighted by Crippen LogP contribution is 2.38. The van der Waals surface area contributed by atoms with Crippen LogP contribution >= 0.6 is 35.0 Å². The van der Waals surface area contributed by atoms with Gasteiger partial charge in [0.05, 0.1) is 5.02 Å². The Morgan fingerprint density at radius 3 is 2.67 bits per heavy atom. The predicted octanol–water partition coefficient (Wildman–Crippen LogP) is 4.48. The van der Waals surface area contributed by atoms with Crippen molar-refractivity contribution in [3.63, 3.8) is 0 Å². The Bertz CT molecular complexity index is 677. The van der Waals surface area contributed by atoms with Crippen LogP contribution in [0.1, 0.15) is 17.3 Å². The quantitative estimate of drug-likeness (QED) is 0.807. The summed E-state index contributed by atoms with van der Waals surface area (Å²) in [6.45, 7) is 2.45. The third-order valence-electron chi connectivity index (χ3n) is 2.73. The molecule has 0 heterocycles. The van der Waals surface area contributed by atoms with Crippen LogP contribution in [0.5, 0.6) is 0 Å². The number of amides is 1. The van der Waals surface area contributed by atoms with E-state index in [9.17, 15) is 4.79 Å². The first-order valence-electron chi connectivity index (χ1n) is 6.32. The maximum Gasteiger partial charge on any atom is 0.251 e. The molecular formula is C15H14Cl2N2OS. The molecule has 2 aromatic carbocycles. The van der Waals surface area contributed by atoms with Crippen LogP contribution in [-0.4, -0.2) is 12.5 Å². The van der Waals surface area contributed by atoms with Crippen molar-refractivity contribution in [3.05, 3.63) is 52.0 Å². The fourth-order valence-corrected chi connectivity index (χ4v) is 3.13. The Hall–Kier alpha value is -1.36. The van der Waals surface area contributed by atoms with Gasteiger partial charge in [-0.2, -0.15) is 0 Å². The molecule has 2 rings (SSSR count). The molecule has 110 valence electrons. The summed E-state index contributed by atoms with van der Waals surface area (Å²) in [5.74, 6) is -0.128. The summed E-state index contributed by atoms with van der Waals surface area (Å²) in [4.78, 5) is 13.4. The van der Waals surface area contributed by atoms with Crippen molar-refractivity contribution in [3.8, 4) is 0 Å². The van der Waals surface area contributed by atoms with E-state index in [0.717, 1.165) is 9.79 Å². The summed E-state index contributed by atoms with van der Waals surface area (Å²) >= 11 is 13.5.